The first-order valence-corrected chi connectivity index (χ1v) is 9.45. The maximum atomic E-state index is 12.7. The van der Waals surface area contributed by atoms with Crippen LogP contribution in [-0.2, 0) is 6.54 Å². The van der Waals surface area contributed by atoms with Gasteiger partial charge in [0, 0.05) is 18.8 Å². The van der Waals surface area contributed by atoms with Crippen molar-refractivity contribution in [3.8, 4) is 0 Å². The van der Waals surface area contributed by atoms with Gasteiger partial charge in [-0.2, -0.15) is 0 Å². The number of amides is 1. The second kappa shape index (κ2) is 8.41. The fourth-order valence-corrected chi connectivity index (χ4v) is 3.34. The minimum Gasteiger partial charge on any atom is -0.399 e. The summed E-state index contributed by atoms with van der Waals surface area (Å²) in [6, 6.07) is 12.7. The van der Waals surface area contributed by atoms with E-state index in [1.165, 1.54) is 0 Å². The number of halogens is 1. The molecule has 3 N–H and O–H groups in total. The number of imidazole rings is 1. The molecule has 0 aliphatic heterocycles. The van der Waals surface area contributed by atoms with Gasteiger partial charge >= 0.3 is 0 Å². The predicted octanol–water partition coefficient (Wildman–Crippen LogP) is 3.87. The van der Waals surface area contributed by atoms with Gasteiger partial charge < -0.3 is 15.2 Å². The molecule has 6 nitrogen and oxygen atoms in total. The Hall–Kier alpha value is -2.57. The molecule has 1 heterocycles. The highest BCUT2D eigenvalue weighted by atomic mass is 35.5. The number of benzene rings is 2. The standard InChI is InChI=1S/C20H24ClN5O/c1-3-25(4-2)11-12-26-18-8-6-5-7-17(18)23-20(26)24-19(27)15-10-9-14(22)13-16(15)21/h5-10,13H,3-4,11-12,22H2,1-2H3,(H,23,24,27). The Balaban J connectivity index is 1.90. The summed E-state index contributed by atoms with van der Waals surface area (Å²) in [7, 11) is 0. The van der Waals surface area contributed by atoms with Crippen molar-refractivity contribution in [2.24, 2.45) is 0 Å². The van der Waals surface area contributed by atoms with Crippen LogP contribution in [0.15, 0.2) is 42.5 Å². The maximum Gasteiger partial charge on any atom is 0.259 e. The average Bonchev–Trinajstić information content (AvgIpc) is 2.99. The molecule has 3 rings (SSSR count). The summed E-state index contributed by atoms with van der Waals surface area (Å²) in [6.45, 7) is 7.84. The molecule has 27 heavy (non-hydrogen) atoms. The quantitative estimate of drug-likeness (QED) is 0.605. The molecular weight excluding hydrogens is 362 g/mol. The second-order valence-corrected chi connectivity index (χ2v) is 6.70. The predicted molar refractivity (Wildman–Crippen MR) is 111 cm³/mol. The Morgan fingerprint density at radius 3 is 2.67 bits per heavy atom. The maximum absolute atomic E-state index is 12.7. The van der Waals surface area contributed by atoms with Crippen LogP contribution in [0, 0.1) is 0 Å². The van der Waals surface area contributed by atoms with Crippen molar-refractivity contribution >= 4 is 40.2 Å². The topological polar surface area (TPSA) is 76.2 Å². The lowest BCUT2D eigenvalue weighted by molar-refractivity contribution is 0.102. The number of aromatic nitrogens is 2. The Morgan fingerprint density at radius 2 is 1.96 bits per heavy atom. The molecule has 1 amide bonds. The van der Waals surface area contributed by atoms with Crippen LogP contribution in [0.1, 0.15) is 24.2 Å². The number of fused-ring (bicyclic) bond motifs is 1. The number of rotatable bonds is 7. The van der Waals surface area contributed by atoms with Gasteiger partial charge in [-0.15, -0.1) is 0 Å². The van der Waals surface area contributed by atoms with Gasteiger partial charge in [-0.05, 0) is 43.4 Å². The zero-order valence-corrected chi connectivity index (χ0v) is 16.3. The number of carbonyl (C=O) groups excluding carboxylic acids is 1. The van der Waals surface area contributed by atoms with E-state index < -0.39 is 0 Å². The van der Waals surface area contributed by atoms with E-state index in [9.17, 15) is 4.79 Å². The molecule has 2 aromatic carbocycles. The molecule has 0 unspecified atom stereocenters. The molecule has 7 heteroatoms. The van der Waals surface area contributed by atoms with Crippen molar-refractivity contribution in [2.75, 3.05) is 30.7 Å². The average molecular weight is 386 g/mol. The lowest BCUT2D eigenvalue weighted by atomic mass is 10.2. The number of nitrogen functional groups attached to an aromatic ring is 1. The number of nitrogens with zero attached hydrogens (tertiary/aromatic N) is 3. The van der Waals surface area contributed by atoms with Gasteiger partial charge in [-0.3, -0.25) is 10.1 Å². The number of carbonyl (C=O) groups is 1. The van der Waals surface area contributed by atoms with Gasteiger partial charge in [-0.1, -0.05) is 37.6 Å². The summed E-state index contributed by atoms with van der Waals surface area (Å²) in [4.78, 5) is 19.7. The van der Waals surface area contributed by atoms with Gasteiger partial charge in [0.25, 0.3) is 5.91 Å². The SMILES string of the molecule is CCN(CC)CCn1c(NC(=O)c2ccc(N)cc2Cl)nc2ccccc21. The van der Waals surface area contributed by atoms with E-state index in [1.807, 2.05) is 28.8 Å². The fourth-order valence-electron chi connectivity index (χ4n) is 3.06. The zero-order chi connectivity index (χ0) is 19.4. The number of para-hydroxylation sites is 2. The third-order valence-corrected chi connectivity index (χ3v) is 4.96. The van der Waals surface area contributed by atoms with Crippen molar-refractivity contribution in [3.05, 3.63) is 53.1 Å². The van der Waals surface area contributed by atoms with Crippen molar-refractivity contribution in [2.45, 2.75) is 20.4 Å². The first-order chi connectivity index (χ1) is 13.0. The first kappa shape index (κ1) is 19.2. The van der Waals surface area contributed by atoms with Gasteiger partial charge in [0.1, 0.15) is 0 Å². The van der Waals surface area contributed by atoms with E-state index in [0.717, 1.165) is 37.2 Å². The number of hydrogen-bond acceptors (Lipinski definition) is 4. The monoisotopic (exact) mass is 385 g/mol. The Morgan fingerprint density at radius 1 is 1.22 bits per heavy atom. The lowest BCUT2D eigenvalue weighted by Crippen LogP contribution is -2.27. The number of nitrogens with one attached hydrogen (secondary N) is 1. The summed E-state index contributed by atoms with van der Waals surface area (Å²) < 4.78 is 2.04. The van der Waals surface area contributed by atoms with Crippen LogP contribution < -0.4 is 11.1 Å². The zero-order valence-electron chi connectivity index (χ0n) is 15.6. The van der Waals surface area contributed by atoms with Crippen molar-refractivity contribution in [1.29, 1.82) is 0 Å². The van der Waals surface area contributed by atoms with Crippen molar-refractivity contribution in [1.82, 2.24) is 14.5 Å². The highest BCUT2D eigenvalue weighted by Crippen LogP contribution is 2.23. The van der Waals surface area contributed by atoms with E-state index >= 15 is 0 Å². The van der Waals surface area contributed by atoms with E-state index in [0.29, 0.717) is 22.2 Å². The van der Waals surface area contributed by atoms with Gasteiger partial charge in [0.15, 0.2) is 0 Å². The minimum absolute atomic E-state index is 0.306. The Labute approximate surface area is 163 Å². The van der Waals surface area contributed by atoms with Crippen LogP contribution in [0.5, 0.6) is 0 Å². The van der Waals surface area contributed by atoms with E-state index in [1.54, 1.807) is 18.2 Å². The van der Waals surface area contributed by atoms with Crippen molar-refractivity contribution < 1.29 is 4.79 Å². The molecule has 142 valence electrons. The molecule has 0 fully saturated rings. The summed E-state index contributed by atoms with van der Waals surface area (Å²) in [5, 5.41) is 3.22. The summed E-state index contributed by atoms with van der Waals surface area (Å²) >= 11 is 6.17. The first-order valence-electron chi connectivity index (χ1n) is 9.07. The molecule has 0 bridgehead atoms. The van der Waals surface area contributed by atoms with Crippen LogP contribution in [0.2, 0.25) is 5.02 Å². The molecule has 0 aliphatic carbocycles. The molecule has 3 aromatic rings. The Bertz CT molecular complexity index is 949. The van der Waals surface area contributed by atoms with Gasteiger partial charge in [-0.25, -0.2) is 4.98 Å². The molecule has 0 atom stereocenters. The summed E-state index contributed by atoms with van der Waals surface area (Å²) in [5.74, 6) is 0.209. The lowest BCUT2D eigenvalue weighted by Gasteiger charge is -2.19. The molecule has 0 saturated heterocycles. The molecule has 0 saturated carbocycles. The summed E-state index contributed by atoms with van der Waals surface area (Å²) in [5.41, 5.74) is 8.43. The Kier molecular flexibility index (Phi) is 5.98. The normalized spacial score (nSPS) is 11.3. The minimum atomic E-state index is -0.306. The van der Waals surface area contributed by atoms with Crippen LogP contribution >= 0.6 is 11.6 Å². The number of hydrogen-bond donors (Lipinski definition) is 2. The second-order valence-electron chi connectivity index (χ2n) is 6.30. The fraction of sp³-hybridized carbons (Fsp3) is 0.300. The smallest absolute Gasteiger partial charge is 0.259 e. The van der Waals surface area contributed by atoms with Gasteiger partial charge in [0.05, 0.1) is 21.6 Å². The third kappa shape index (κ3) is 4.23. The highest BCUT2D eigenvalue weighted by molar-refractivity contribution is 6.34. The van der Waals surface area contributed by atoms with E-state index in [-0.39, 0.29) is 5.91 Å². The molecule has 1 aromatic heterocycles. The van der Waals surface area contributed by atoms with Gasteiger partial charge in [0.2, 0.25) is 5.95 Å². The van der Waals surface area contributed by atoms with E-state index in [4.69, 9.17) is 17.3 Å². The summed E-state index contributed by atoms with van der Waals surface area (Å²) in [6.07, 6.45) is 0. The number of nitrogens with two attached hydrogens (primary N) is 1. The van der Waals surface area contributed by atoms with Crippen molar-refractivity contribution in [3.63, 3.8) is 0 Å². The highest BCUT2D eigenvalue weighted by Gasteiger charge is 2.16. The van der Waals surface area contributed by atoms with Crippen LogP contribution in [0.3, 0.4) is 0 Å². The molecular formula is C20H24ClN5O. The number of likely N-dealkylation sites (N-methyl/N-ethyl adjacent to an activating group) is 1. The van der Waals surface area contributed by atoms with Crippen LogP contribution in [0.25, 0.3) is 11.0 Å². The number of anilines is 2. The van der Waals surface area contributed by atoms with Crippen LogP contribution in [0.4, 0.5) is 11.6 Å². The molecule has 0 radical (unpaired) electrons. The largest absolute Gasteiger partial charge is 0.399 e. The molecule has 0 spiro atoms. The molecule has 0 aliphatic rings. The van der Waals surface area contributed by atoms with Crippen LogP contribution in [-0.4, -0.2) is 40.0 Å². The third-order valence-electron chi connectivity index (χ3n) is 4.65. The van der Waals surface area contributed by atoms with E-state index in [2.05, 4.69) is 29.0 Å².